The molecule has 1 aliphatic carbocycles. The fourth-order valence-electron chi connectivity index (χ4n) is 1.49. The van der Waals surface area contributed by atoms with Gasteiger partial charge in [-0.1, -0.05) is 13.0 Å². The van der Waals surface area contributed by atoms with Crippen LogP contribution in [0.3, 0.4) is 0 Å². The van der Waals surface area contributed by atoms with Crippen molar-refractivity contribution < 1.29 is 9.53 Å². The van der Waals surface area contributed by atoms with Gasteiger partial charge >= 0.3 is 5.97 Å². The van der Waals surface area contributed by atoms with Crippen LogP contribution in [0.15, 0.2) is 12.2 Å². The Balaban J connectivity index is 2.16. The van der Waals surface area contributed by atoms with Crippen molar-refractivity contribution in [2.75, 3.05) is 26.2 Å². The summed E-state index contributed by atoms with van der Waals surface area (Å²) in [6.07, 6.45) is 6.17. The maximum Gasteiger partial charge on any atom is 0.330 e. The lowest BCUT2D eigenvalue weighted by molar-refractivity contribution is -0.137. The third-order valence-electron chi connectivity index (χ3n) is 2.56. The first kappa shape index (κ1) is 12.2. The molecule has 3 nitrogen and oxygen atoms in total. The predicted molar refractivity (Wildman–Crippen MR) is 60.6 cm³/mol. The van der Waals surface area contributed by atoms with E-state index in [0.717, 1.165) is 19.0 Å². The van der Waals surface area contributed by atoms with Crippen molar-refractivity contribution in [2.24, 2.45) is 5.92 Å². The highest BCUT2D eigenvalue weighted by molar-refractivity contribution is 5.81. The standard InChI is InChI=1S/C12H21NO2/c1-3-13(10-11-7-8-11)9-5-6-12(14)15-4-2/h5-6,11H,3-4,7-10H2,1-2H3/b6-5+. The summed E-state index contributed by atoms with van der Waals surface area (Å²) in [6, 6.07) is 0. The van der Waals surface area contributed by atoms with E-state index >= 15 is 0 Å². The Labute approximate surface area is 92.1 Å². The number of hydrogen-bond acceptors (Lipinski definition) is 3. The Morgan fingerprint density at radius 1 is 1.47 bits per heavy atom. The van der Waals surface area contributed by atoms with Crippen LogP contribution in [0.1, 0.15) is 26.7 Å². The normalized spacial score (nSPS) is 16.2. The van der Waals surface area contributed by atoms with Crippen molar-refractivity contribution in [1.82, 2.24) is 4.90 Å². The van der Waals surface area contributed by atoms with Gasteiger partial charge in [0.2, 0.25) is 0 Å². The summed E-state index contributed by atoms with van der Waals surface area (Å²) in [7, 11) is 0. The minimum Gasteiger partial charge on any atom is -0.463 e. The van der Waals surface area contributed by atoms with E-state index in [9.17, 15) is 4.79 Å². The molecule has 0 aromatic carbocycles. The van der Waals surface area contributed by atoms with Crippen LogP contribution < -0.4 is 0 Å². The lowest BCUT2D eigenvalue weighted by Gasteiger charge is -2.17. The zero-order valence-electron chi connectivity index (χ0n) is 9.74. The molecule has 1 saturated carbocycles. The molecule has 0 saturated heterocycles. The third-order valence-corrected chi connectivity index (χ3v) is 2.56. The first-order valence-electron chi connectivity index (χ1n) is 5.81. The van der Waals surface area contributed by atoms with Crippen LogP contribution in [0.4, 0.5) is 0 Å². The van der Waals surface area contributed by atoms with Crippen molar-refractivity contribution in [2.45, 2.75) is 26.7 Å². The molecule has 0 radical (unpaired) electrons. The number of nitrogens with zero attached hydrogens (tertiary/aromatic N) is 1. The molecule has 0 spiro atoms. The molecule has 3 heteroatoms. The molecule has 15 heavy (non-hydrogen) atoms. The van der Waals surface area contributed by atoms with Gasteiger partial charge in [0.1, 0.15) is 0 Å². The van der Waals surface area contributed by atoms with Gasteiger partial charge in [0.25, 0.3) is 0 Å². The van der Waals surface area contributed by atoms with Crippen LogP contribution in [-0.2, 0) is 9.53 Å². The van der Waals surface area contributed by atoms with Gasteiger partial charge in [-0.15, -0.1) is 0 Å². The molecule has 0 bridgehead atoms. The van der Waals surface area contributed by atoms with Crippen molar-refractivity contribution in [3.05, 3.63) is 12.2 Å². The average Bonchev–Trinajstić information content (AvgIpc) is 3.00. The fraction of sp³-hybridized carbons (Fsp3) is 0.750. The van der Waals surface area contributed by atoms with Crippen LogP contribution in [0, 0.1) is 5.92 Å². The van der Waals surface area contributed by atoms with Crippen molar-refractivity contribution in [3.8, 4) is 0 Å². The molecular weight excluding hydrogens is 190 g/mol. The van der Waals surface area contributed by atoms with Crippen LogP contribution in [0.2, 0.25) is 0 Å². The lowest BCUT2D eigenvalue weighted by atomic mass is 10.3. The summed E-state index contributed by atoms with van der Waals surface area (Å²) in [5, 5.41) is 0. The highest BCUT2D eigenvalue weighted by atomic mass is 16.5. The third kappa shape index (κ3) is 5.57. The molecule has 0 aromatic rings. The Kier molecular flexibility index (Phi) is 5.40. The predicted octanol–water partition coefficient (Wildman–Crippen LogP) is 1.84. The molecule has 0 amide bonds. The van der Waals surface area contributed by atoms with Gasteiger partial charge in [-0.2, -0.15) is 0 Å². The molecule has 0 unspecified atom stereocenters. The first-order valence-corrected chi connectivity index (χ1v) is 5.81. The van der Waals surface area contributed by atoms with Gasteiger partial charge in [0.15, 0.2) is 0 Å². The summed E-state index contributed by atoms with van der Waals surface area (Å²) in [4.78, 5) is 13.4. The molecule has 0 N–H and O–H groups in total. The number of rotatable bonds is 7. The summed E-state index contributed by atoms with van der Waals surface area (Å²) < 4.78 is 4.81. The lowest BCUT2D eigenvalue weighted by Crippen LogP contribution is -2.25. The van der Waals surface area contributed by atoms with E-state index in [-0.39, 0.29) is 5.97 Å². The van der Waals surface area contributed by atoms with E-state index < -0.39 is 0 Å². The van der Waals surface area contributed by atoms with E-state index in [1.807, 2.05) is 13.0 Å². The van der Waals surface area contributed by atoms with Crippen molar-refractivity contribution in [1.29, 1.82) is 0 Å². The SMILES string of the molecule is CCOC(=O)/C=C/CN(CC)CC1CC1. The zero-order valence-corrected chi connectivity index (χ0v) is 9.74. The Morgan fingerprint density at radius 3 is 2.73 bits per heavy atom. The molecule has 1 aliphatic rings. The van der Waals surface area contributed by atoms with Gasteiger partial charge in [-0.25, -0.2) is 4.79 Å². The fourth-order valence-corrected chi connectivity index (χ4v) is 1.49. The van der Waals surface area contributed by atoms with Gasteiger partial charge in [-0.05, 0) is 32.2 Å². The number of hydrogen-bond donors (Lipinski definition) is 0. The van der Waals surface area contributed by atoms with Crippen LogP contribution in [0.5, 0.6) is 0 Å². The highest BCUT2D eigenvalue weighted by Crippen LogP contribution is 2.29. The second-order valence-corrected chi connectivity index (χ2v) is 3.95. The van der Waals surface area contributed by atoms with E-state index in [1.54, 1.807) is 0 Å². The van der Waals surface area contributed by atoms with E-state index in [1.165, 1.54) is 25.5 Å². The van der Waals surface area contributed by atoms with Crippen LogP contribution in [0.25, 0.3) is 0 Å². The second kappa shape index (κ2) is 6.62. The molecule has 1 fully saturated rings. The average molecular weight is 211 g/mol. The highest BCUT2D eigenvalue weighted by Gasteiger charge is 2.22. The number of ether oxygens (including phenoxy) is 1. The summed E-state index contributed by atoms with van der Waals surface area (Å²) in [5.74, 6) is 0.668. The number of likely N-dealkylation sites (N-methyl/N-ethyl adjacent to an activating group) is 1. The van der Waals surface area contributed by atoms with Gasteiger partial charge < -0.3 is 4.74 Å². The maximum absolute atomic E-state index is 11.0. The summed E-state index contributed by atoms with van der Waals surface area (Å²) >= 11 is 0. The second-order valence-electron chi connectivity index (χ2n) is 3.95. The van der Waals surface area contributed by atoms with E-state index in [2.05, 4.69) is 11.8 Å². The molecular formula is C12H21NO2. The number of esters is 1. The molecule has 0 aromatic heterocycles. The van der Waals surface area contributed by atoms with Crippen LogP contribution >= 0.6 is 0 Å². The Hall–Kier alpha value is -0.830. The Morgan fingerprint density at radius 2 is 2.20 bits per heavy atom. The molecule has 1 rings (SSSR count). The van der Waals surface area contributed by atoms with E-state index in [0.29, 0.717) is 6.61 Å². The zero-order chi connectivity index (χ0) is 11.1. The van der Waals surface area contributed by atoms with Crippen molar-refractivity contribution >= 4 is 5.97 Å². The topological polar surface area (TPSA) is 29.5 Å². The minimum atomic E-state index is -0.236. The summed E-state index contributed by atoms with van der Waals surface area (Å²) in [6.45, 7) is 7.49. The van der Waals surface area contributed by atoms with Crippen LogP contribution in [-0.4, -0.2) is 37.1 Å². The van der Waals surface area contributed by atoms with Crippen molar-refractivity contribution in [3.63, 3.8) is 0 Å². The smallest absolute Gasteiger partial charge is 0.330 e. The van der Waals surface area contributed by atoms with Gasteiger partial charge in [-0.3, -0.25) is 4.90 Å². The van der Waals surface area contributed by atoms with Gasteiger partial charge in [0.05, 0.1) is 6.61 Å². The van der Waals surface area contributed by atoms with Gasteiger partial charge in [0, 0.05) is 19.2 Å². The van der Waals surface area contributed by atoms with E-state index in [4.69, 9.17) is 4.74 Å². The molecule has 0 aliphatic heterocycles. The minimum absolute atomic E-state index is 0.236. The molecule has 86 valence electrons. The molecule has 0 heterocycles. The number of carbonyl (C=O) groups excluding carboxylic acids is 1. The largest absolute Gasteiger partial charge is 0.463 e. The quantitative estimate of drug-likeness (QED) is 0.475. The summed E-state index contributed by atoms with van der Waals surface area (Å²) in [5.41, 5.74) is 0. The molecule has 0 atom stereocenters. The number of carbonyl (C=O) groups is 1. The Bertz CT molecular complexity index is 222. The maximum atomic E-state index is 11.0. The first-order chi connectivity index (χ1) is 7.26. The monoisotopic (exact) mass is 211 g/mol.